The molecule has 16 heavy (non-hydrogen) atoms. The van der Waals surface area contributed by atoms with Gasteiger partial charge in [0, 0.05) is 6.04 Å². The molecule has 90 valence electrons. The Balaban J connectivity index is 2.50. The largest absolute Gasteiger partial charge is 0.293 e. The monoisotopic (exact) mass is 219 g/mol. The molecule has 0 atom stereocenters. The van der Waals surface area contributed by atoms with Crippen LogP contribution in [-0.2, 0) is 0 Å². The van der Waals surface area contributed by atoms with Gasteiger partial charge in [0.2, 0.25) is 0 Å². The van der Waals surface area contributed by atoms with Gasteiger partial charge in [-0.05, 0) is 31.5 Å². The fourth-order valence-electron chi connectivity index (χ4n) is 1.94. The van der Waals surface area contributed by atoms with Crippen LogP contribution in [0.1, 0.15) is 39.5 Å². The highest BCUT2D eigenvalue weighted by Gasteiger charge is 2.13. The van der Waals surface area contributed by atoms with Crippen molar-refractivity contribution in [2.24, 2.45) is 0 Å². The third kappa shape index (κ3) is 4.36. The first-order chi connectivity index (χ1) is 7.77. The van der Waals surface area contributed by atoms with Gasteiger partial charge < -0.3 is 0 Å². The maximum Gasteiger partial charge on any atom is 0.0468 e. The fourth-order valence-corrected chi connectivity index (χ4v) is 1.94. The lowest BCUT2D eigenvalue weighted by Crippen LogP contribution is -2.35. The molecule has 0 fully saturated rings. The summed E-state index contributed by atoms with van der Waals surface area (Å²) in [7, 11) is 0. The molecule has 0 aromatic heterocycles. The number of hydrogen-bond donors (Lipinski definition) is 0. The van der Waals surface area contributed by atoms with E-state index in [0.29, 0.717) is 6.04 Å². The molecule has 0 N–H and O–H groups in total. The topological polar surface area (TPSA) is 3.24 Å². The van der Waals surface area contributed by atoms with Gasteiger partial charge in [-0.15, -0.1) is 0 Å². The smallest absolute Gasteiger partial charge is 0.0468 e. The Morgan fingerprint density at radius 3 is 2.00 bits per heavy atom. The minimum Gasteiger partial charge on any atom is -0.293 e. The summed E-state index contributed by atoms with van der Waals surface area (Å²) < 4.78 is 0. The molecule has 0 heterocycles. The molecule has 1 nitrogen and oxygen atoms in total. The molecule has 1 rings (SSSR count). The molecule has 0 radical (unpaired) electrons. The third-order valence-electron chi connectivity index (χ3n) is 3.03. The summed E-state index contributed by atoms with van der Waals surface area (Å²) in [5, 5.41) is 0. The average Bonchev–Trinajstić information content (AvgIpc) is 2.31. The van der Waals surface area contributed by atoms with Crippen molar-refractivity contribution in [1.29, 1.82) is 0 Å². The summed E-state index contributed by atoms with van der Waals surface area (Å²) >= 11 is 0. The van der Waals surface area contributed by atoms with E-state index < -0.39 is 0 Å². The van der Waals surface area contributed by atoms with Crippen molar-refractivity contribution in [2.75, 3.05) is 13.1 Å². The first-order valence-corrected chi connectivity index (χ1v) is 6.57. The van der Waals surface area contributed by atoms with Gasteiger partial charge in [0.1, 0.15) is 0 Å². The second-order valence-corrected chi connectivity index (χ2v) is 4.53. The van der Waals surface area contributed by atoms with E-state index in [9.17, 15) is 0 Å². The first kappa shape index (κ1) is 13.2. The van der Waals surface area contributed by atoms with Crippen LogP contribution >= 0.6 is 0 Å². The normalized spacial score (nSPS) is 16.3. The number of unbranched alkanes of at least 4 members (excludes halogenated alkanes) is 2. The molecule has 0 unspecified atom stereocenters. The Morgan fingerprint density at radius 2 is 1.56 bits per heavy atom. The van der Waals surface area contributed by atoms with E-state index >= 15 is 0 Å². The second kappa shape index (κ2) is 7.45. The van der Waals surface area contributed by atoms with Crippen LogP contribution < -0.4 is 0 Å². The van der Waals surface area contributed by atoms with Crippen molar-refractivity contribution in [2.45, 2.75) is 45.6 Å². The van der Waals surface area contributed by atoms with Crippen LogP contribution in [-0.4, -0.2) is 24.0 Å². The number of rotatable bonds is 7. The Hall–Kier alpha value is -0.820. The van der Waals surface area contributed by atoms with Gasteiger partial charge in [0.15, 0.2) is 0 Å². The molecule has 0 aromatic carbocycles. The van der Waals surface area contributed by atoms with Crippen LogP contribution in [0.2, 0.25) is 0 Å². The molecule has 0 spiro atoms. The standard InChI is InChI=1S/C15H25N/c1-4-6-12-16(13-7-5-2)15-10-8-14(3)9-11-15/h8-11,15H,3-7,12-13H2,1-2H3. The molecule has 0 amide bonds. The maximum absolute atomic E-state index is 3.94. The lowest BCUT2D eigenvalue weighted by atomic mass is 10.1. The van der Waals surface area contributed by atoms with E-state index in [1.54, 1.807) is 0 Å². The van der Waals surface area contributed by atoms with Gasteiger partial charge in [-0.3, -0.25) is 4.90 Å². The van der Waals surface area contributed by atoms with Gasteiger partial charge in [0.05, 0.1) is 0 Å². The predicted octanol–water partition coefficient (Wildman–Crippen LogP) is 3.94. The van der Waals surface area contributed by atoms with Crippen molar-refractivity contribution in [3.05, 3.63) is 36.5 Å². The number of nitrogens with zero attached hydrogens (tertiary/aromatic N) is 1. The molecule has 1 aliphatic rings. The van der Waals surface area contributed by atoms with Crippen LogP contribution in [0.15, 0.2) is 36.5 Å². The van der Waals surface area contributed by atoms with E-state index in [4.69, 9.17) is 0 Å². The Bertz CT molecular complexity index is 239. The molecule has 1 heteroatoms. The molecule has 0 aliphatic heterocycles. The van der Waals surface area contributed by atoms with Crippen LogP contribution in [0, 0.1) is 0 Å². The van der Waals surface area contributed by atoms with E-state index in [1.165, 1.54) is 38.8 Å². The number of hydrogen-bond acceptors (Lipinski definition) is 1. The summed E-state index contributed by atoms with van der Waals surface area (Å²) in [6, 6.07) is 0.489. The van der Waals surface area contributed by atoms with Crippen LogP contribution in [0.5, 0.6) is 0 Å². The van der Waals surface area contributed by atoms with Crippen molar-refractivity contribution in [1.82, 2.24) is 4.90 Å². The zero-order valence-corrected chi connectivity index (χ0v) is 10.8. The molecule has 0 bridgehead atoms. The lowest BCUT2D eigenvalue weighted by Gasteiger charge is -2.28. The summed E-state index contributed by atoms with van der Waals surface area (Å²) in [4.78, 5) is 2.58. The molecular formula is C15H25N. The molecule has 0 aromatic rings. The minimum absolute atomic E-state index is 0.489. The molecular weight excluding hydrogens is 194 g/mol. The van der Waals surface area contributed by atoms with E-state index in [0.717, 1.165) is 5.57 Å². The predicted molar refractivity (Wildman–Crippen MR) is 72.6 cm³/mol. The quantitative estimate of drug-likeness (QED) is 0.627. The maximum atomic E-state index is 3.94. The highest BCUT2D eigenvalue weighted by molar-refractivity contribution is 5.34. The molecule has 1 aliphatic carbocycles. The highest BCUT2D eigenvalue weighted by atomic mass is 15.1. The van der Waals surface area contributed by atoms with Crippen LogP contribution in [0.3, 0.4) is 0 Å². The Morgan fingerprint density at radius 1 is 1.06 bits per heavy atom. The second-order valence-electron chi connectivity index (χ2n) is 4.53. The number of allylic oxidation sites excluding steroid dienone is 3. The van der Waals surface area contributed by atoms with Crippen molar-refractivity contribution in [3.63, 3.8) is 0 Å². The van der Waals surface area contributed by atoms with E-state index in [1.807, 2.05) is 0 Å². The van der Waals surface area contributed by atoms with Gasteiger partial charge in [0.25, 0.3) is 0 Å². The zero-order valence-electron chi connectivity index (χ0n) is 10.8. The average molecular weight is 219 g/mol. The summed E-state index contributed by atoms with van der Waals surface area (Å²) in [5.74, 6) is 0. The minimum atomic E-state index is 0.489. The van der Waals surface area contributed by atoms with Gasteiger partial charge in [-0.25, -0.2) is 0 Å². The fraction of sp³-hybridized carbons (Fsp3) is 0.600. The van der Waals surface area contributed by atoms with E-state index in [2.05, 4.69) is 49.6 Å². The summed E-state index contributed by atoms with van der Waals surface area (Å²) in [6.45, 7) is 10.9. The van der Waals surface area contributed by atoms with Crippen molar-refractivity contribution in [3.8, 4) is 0 Å². The van der Waals surface area contributed by atoms with E-state index in [-0.39, 0.29) is 0 Å². The molecule has 0 saturated carbocycles. The summed E-state index contributed by atoms with van der Waals surface area (Å²) in [6.07, 6.45) is 13.9. The zero-order chi connectivity index (χ0) is 11.8. The first-order valence-electron chi connectivity index (χ1n) is 6.57. The molecule has 0 saturated heterocycles. The Kier molecular flexibility index (Phi) is 6.17. The SMILES string of the molecule is C=C1C=CC(N(CCCC)CCCC)C=C1. The highest BCUT2D eigenvalue weighted by Crippen LogP contribution is 2.14. The van der Waals surface area contributed by atoms with Crippen molar-refractivity contribution < 1.29 is 0 Å². The van der Waals surface area contributed by atoms with Crippen LogP contribution in [0.25, 0.3) is 0 Å². The van der Waals surface area contributed by atoms with Crippen LogP contribution in [0.4, 0.5) is 0 Å². The Labute approximate surface area is 101 Å². The summed E-state index contributed by atoms with van der Waals surface area (Å²) in [5.41, 5.74) is 1.11. The van der Waals surface area contributed by atoms with Crippen molar-refractivity contribution >= 4 is 0 Å². The van der Waals surface area contributed by atoms with Gasteiger partial charge in [-0.2, -0.15) is 0 Å². The lowest BCUT2D eigenvalue weighted by molar-refractivity contribution is 0.250. The third-order valence-corrected chi connectivity index (χ3v) is 3.03. The van der Waals surface area contributed by atoms with Gasteiger partial charge in [-0.1, -0.05) is 57.6 Å². The van der Waals surface area contributed by atoms with Gasteiger partial charge >= 0.3 is 0 Å².